The van der Waals surface area contributed by atoms with Gasteiger partial charge in [0.15, 0.2) is 0 Å². The molecule has 0 aliphatic carbocycles. The second kappa shape index (κ2) is 6.85. The molecule has 0 unspecified atom stereocenters. The number of hydrogen-bond donors (Lipinski definition) is 1. The Balaban J connectivity index is 1.55. The van der Waals surface area contributed by atoms with Gasteiger partial charge in [-0.15, -0.1) is 0 Å². The van der Waals surface area contributed by atoms with Crippen LogP contribution >= 0.6 is 0 Å². The van der Waals surface area contributed by atoms with Crippen molar-refractivity contribution in [3.05, 3.63) is 83.2 Å². The van der Waals surface area contributed by atoms with Crippen molar-refractivity contribution in [3.63, 3.8) is 0 Å². The number of pyridine rings is 1. The van der Waals surface area contributed by atoms with Gasteiger partial charge in [0.2, 0.25) is 5.91 Å². The lowest BCUT2D eigenvalue weighted by atomic mass is 9.94. The van der Waals surface area contributed by atoms with Crippen LogP contribution in [0.25, 0.3) is 22.2 Å². The number of hydrogen-bond acceptors (Lipinski definition) is 3. The van der Waals surface area contributed by atoms with Crippen LogP contribution in [0.15, 0.2) is 60.8 Å². The van der Waals surface area contributed by atoms with Crippen LogP contribution in [0.5, 0.6) is 0 Å². The van der Waals surface area contributed by atoms with Gasteiger partial charge in [-0.3, -0.25) is 14.9 Å². The van der Waals surface area contributed by atoms with Crippen molar-refractivity contribution in [2.24, 2.45) is 0 Å². The molecule has 1 N–H and O–H groups in total. The summed E-state index contributed by atoms with van der Waals surface area (Å²) >= 11 is 0. The Hall–Kier alpha value is -3.47. The average Bonchev–Trinajstić information content (AvgIpc) is 3.14. The predicted octanol–water partition coefficient (Wildman–Crippen LogP) is 4.58. The average molecular weight is 382 g/mol. The highest BCUT2D eigenvalue weighted by molar-refractivity contribution is 5.95. The van der Waals surface area contributed by atoms with Crippen molar-refractivity contribution in [1.82, 2.24) is 20.1 Å². The third-order valence-electron chi connectivity index (χ3n) is 5.81. The number of fused-ring (bicyclic) bond motifs is 2. The number of amides is 1. The van der Waals surface area contributed by atoms with Crippen molar-refractivity contribution < 1.29 is 4.79 Å². The Morgan fingerprint density at radius 2 is 1.90 bits per heavy atom. The van der Waals surface area contributed by atoms with Crippen molar-refractivity contribution in [2.75, 3.05) is 0 Å². The van der Waals surface area contributed by atoms with Crippen LogP contribution in [-0.2, 0) is 17.8 Å². The molecule has 0 fully saturated rings. The van der Waals surface area contributed by atoms with Crippen molar-refractivity contribution >= 4 is 16.8 Å². The van der Waals surface area contributed by atoms with Crippen LogP contribution in [0.2, 0.25) is 0 Å². The molecule has 0 bridgehead atoms. The standard InChI is InChI=1S/C24H22N4O/c1-15-10-18(8-9-25-15)24-21-11-20-14-28(16(2)17-6-4-3-5-7-17)23(29)13-19(20)12-22(21)26-27-24/h3-12,16H,13-14H2,1-2H3,(H,26,27)/t16-/m1/s1. The molecule has 2 aromatic heterocycles. The summed E-state index contributed by atoms with van der Waals surface area (Å²) in [4.78, 5) is 19.1. The highest BCUT2D eigenvalue weighted by Gasteiger charge is 2.28. The fourth-order valence-electron chi connectivity index (χ4n) is 4.18. The molecule has 1 amide bonds. The number of nitrogens with one attached hydrogen (secondary N) is 1. The molecule has 3 heterocycles. The lowest BCUT2D eigenvalue weighted by molar-refractivity contribution is -0.134. The first-order valence-electron chi connectivity index (χ1n) is 9.87. The van der Waals surface area contributed by atoms with Crippen molar-refractivity contribution in [2.45, 2.75) is 32.9 Å². The SMILES string of the molecule is Cc1cc(-c2n[nH]c3cc4c(cc23)CN([C@H](C)c2ccccc2)C(=O)C4)ccn1. The van der Waals surface area contributed by atoms with E-state index >= 15 is 0 Å². The van der Waals surface area contributed by atoms with E-state index in [-0.39, 0.29) is 11.9 Å². The highest BCUT2D eigenvalue weighted by Crippen LogP contribution is 2.33. The lowest BCUT2D eigenvalue weighted by Gasteiger charge is -2.34. The van der Waals surface area contributed by atoms with Gasteiger partial charge in [-0.25, -0.2) is 0 Å². The zero-order valence-corrected chi connectivity index (χ0v) is 16.5. The molecule has 0 radical (unpaired) electrons. The lowest BCUT2D eigenvalue weighted by Crippen LogP contribution is -2.38. The van der Waals surface area contributed by atoms with Crippen LogP contribution in [-0.4, -0.2) is 26.0 Å². The molecule has 1 aliphatic rings. The molecule has 5 rings (SSSR count). The van der Waals surface area contributed by atoms with E-state index < -0.39 is 0 Å². The molecule has 0 saturated heterocycles. The van der Waals surface area contributed by atoms with Gasteiger partial charge < -0.3 is 4.90 Å². The first-order chi connectivity index (χ1) is 14.1. The molecule has 5 nitrogen and oxygen atoms in total. The minimum atomic E-state index is 0.0409. The summed E-state index contributed by atoms with van der Waals surface area (Å²) in [6.45, 7) is 4.69. The van der Waals surface area contributed by atoms with E-state index in [1.807, 2.05) is 48.4 Å². The predicted molar refractivity (Wildman–Crippen MR) is 113 cm³/mol. The van der Waals surface area contributed by atoms with Gasteiger partial charge in [-0.1, -0.05) is 30.3 Å². The number of aromatic nitrogens is 3. The van der Waals surface area contributed by atoms with Gasteiger partial charge >= 0.3 is 0 Å². The molecule has 0 spiro atoms. The molecular weight excluding hydrogens is 360 g/mol. The number of carbonyl (C=O) groups excluding carboxylic acids is 1. The Kier molecular flexibility index (Phi) is 4.16. The van der Waals surface area contributed by atoms with E-state index in [0.717, 1.165) is 39.0 Å². The third-order valence-corrected chi connectivity index (χ3v) is 5.81. The molecular formula is C24H22N4O. The maximum absolute atomic E-state index is 12.9. The second-order valence-corrected chi connectivity index (χ2v) is 7.71. The quantitative estimate of drug-likeness (QED) is 0.564. The smallest absolute Gasteiger partial charge is 0.227 e. The van der Waals surface area contributed by atoms with E-state index in [0.29, 0.717) is 13.0 Å². The highest BCUT2D eigenvalue weighted by atomic mass is 16.2. The van der Waals surface area contributed by atoms with E-state index in [2.05, 4.69) is 46.4 Å². The number of H-pyrrole nitrogens is 1. The molecule has 4 aromatic rings. The molecule has 144 valence electrons. The second-order valence-electron chi connectivity index (χ2n) is 7.71. The summed E-state index contributed by atoms with van der Waals surface area (Å²) in [6.07, 6.45) is 2.23. The van der Waals surface area contributed by atoms with Gasteiger partial charge in [0, 0.05) is 29.4 Å². The maximum atomic E-state index is 12.9. The fraction of sp³-hybridized carbons (Fsp3) is 0.208. The summed E-state index contributed by atoms with van der Waals surface area (Å²) < 4.78 is 0. The molecule has 1 atom stereocenters. The van der Waals surface area contributed by atoms with Crippen LogP contribution < -0.4 is 0 Å². The van der Waals surface area contributed by atoms with Crippen molar-refractivity contribution in [3.8, 4) is 11.3 Å². The number of nitrogens with zero attached hydrogens (tertiary/aromatic N) is 3. The van der Waals surface area contributed by atoms with Gasteiger partial charge in [0.05, 0.1) is 18.0 Å². The largest absolute Gasteiger partial charge is 0.331 e. The first-order valence-corrected chi connectivity index (χ1v) is 9.87. The maximum Gasteiger partial charge on any atom is 0.227 e. The number of benzene rings is 2. The topological polar surface area (TPSA) is 61.9 Å². The first kappa shape index (κ1) is 17.6. The number of carbonyl (C=O) groups is 1. The van der Waals surface area contributed by atoms with Gasteiger partial charge in [-0.05, 0) is 54.8 Å². The van der Waals surface area contributed by atoms with Gasteiger partial charge in [0.1, 0.15) is 5.69 Å². The Morgan fingerprint density at radius 1 is 1.07 bits per heavy atom. The van der Waals surface area contributed by atoms with Gasteiger partial charge in [0.25, 0.3) is 0 Å². The summed E-state index contributed by atoms with van der Waals surface area (Å²) in [5, 5.41) is 8.76. The zero-order chi connectivity index (χ0) is 20.0. The Labute approximate surface area is 169 Å². The zero-order valence-electron chi connectivity index (χ0n) is 16.5. The van der Waals surface area contributed by atoms with Crippen LogP contribution in [0, 0.1) is 6.92 Å². The van der Waals surface area contributed by atoms with E-state index in [1.165, 1.54) is 5.56 Å². The van der Waals surface area contributed by atoms with Crippen molar-refractivity contribution in [1.29, 1.82) is 0 Å². The summed E-state index contributed by atoms with van der Waals surface area (Å²) in [5.41, 5.74) is 7.32. The van der Waals surface area contributed by atoms with E-state index in [1.54, 1.807) is 0 Å². The summed E-state index contributed by atoms with van der Waals surface area (Å²) in [6, 6.07) is 18.5. The number of aromatic amines is 1. The molecule has 5 heteroatoms. The van der Waals surface area contributed by atoms with Crippen LogP contribution in [0.1, 0.15) is 35.3 Å². The normalized spacial score (nSPS) is 14.8. The summed E-state index contributed by atoms with van der Waals surface area (Å²) in [7, 11) is 0. The Morgan fingerprint density at radius 3 is 2.69 bits per heavy atom. The minimum absolute atomic E-state index is 0.0409. The molecule has 0 saturated carbocycles. The van der Waals surface area contributed by atoms with E-state index in [9.17, 15) is 4.79 Å². The molecule has 29 heavy (non-hydrogen) atoms. The number of rotatable bonds is 3. The third kappa shape index (κ3) is 3.09. The summed E-state index contributed by atoms with van der Waals surface area (Å²) in [5.74, 6) is 0.165. The van der Waals surface area contributed by atoms with Gasteiger partial charge in [-0.2, -0.15) is 5.10 Å². The van der Waals surface area contributed by atoms with Crippen LogP contribution in [0.3, 0.4) is 0 Å². The Bertz CT molecular complexity index is 1210. The van der Waals surface area contributed by atoms with Crippen LogP contribution in [0.4, 0.5) is 0 Å². The monoisotopic (exact) mass is 382 g/mol. The molecule has 2 aromatic carbocycles. The minimum Gasteiger partial charge on any atom is -0.331 e. The fourth-order valence-corrected chi connectivity index (χ4v) is 4.18. The molecule has 1 aliphatic heterocycles. The van der Waals surface area contributed by atoms with E-state index in [4.69, 9.17) is 0 Å². The number of aryl methyl sites for hydroxylation is 1.